The van der Waals surface area contributed by atoms with Gasteiger partial charge in [0.05, 0.1) is 0 Å². The first-order valence-corrected chi connectivity index (χ1v) is 10.1. The summed E-state index contributed by atoms with van der Waals surface area (Å²) in [5.41, 5.74) is 4.03. The molecule has 0 bridgehead atoms. The van der Waals surface area contributed by atoms with Crippen molar-refractivity contribution in [3.8, 4) is 0 Å². The Balaban J connectivity index is 1.58. The van der Waals surface area contributed by atoms with E-state index in [2.05, 4.69) is 62.5 Å². The predicted octanol–water partition coefficient (Wildman–Crippen LogP) is 6.53. The minimum absolute atomic E-state index is 0.0816. The molecule has 0 saturated heterocycles. The molecule has 0 aliphatic heterocycles. The number of nitrogens with one attached hydrogen (secondary N) is 1. The van der Waals surface area contributed by atoms with Gasteiger partial charge in [-0.05, 0) is 52.9 Å². The third-order valence-corrected chi connectivity index (χ3v) is 5.46. The first-order chi connectivity index (χ1) is 12.9. The monoisotopic (exact) mass is 375 g/mol. The van der Waals surface area contributed by atoms with Gasteiger partial charge in [-0.3, -0.25) is 4.79 Å². The third kappa shape index (κ3) is 5.48. The van der Waals surface area contributed by atoms with E-state index in [0.29, 0.717) is 5.56 Å². The van der Waals surface area contributed by atoms with Crippen molar-refractivity contribution in [3.05, 3.63) is 95.6 Å². The van der Waals surface area contributed by atoms with Crippen molar-refractivity contribution < 1.29 is 4.79 Å². The summed E-state index contributed by atoms with van der Waals surface area (Å²) in [4.78, 5) is 13.7. The summed E-state index contributed by atoms with van der Waals surface area (Å²) in [6, 6.07) is 26.2. The molecular formula is C24H25NOS. The summed E-state index contributed by atoms with van der Waals surface area (Å²) in [7, 11) is 0. The second kappa shape index (κ2) is 8.45. The molecule has 0 aliphatic carbocycles. The van der Waals surface area contributed by atoms with Crippen LogP contribution in [-0.2, 0) is 11.2 Å². The van der Waals surface area contributed by atoms with Crippen molar-refractivity contribution in [1.82, 2.24) is 0 Å². The molecule has 3 rings (SSSR count). The van der Waals surface area contributed by atoms with Gasteiger partial charge < -0.3 is 5.32 Å². The topological polar surface area (TPSA) is 29.1 Å². The van der Waals surface area contributed by atoms with E-state index < -0.39 is 0 Å². The van der Waals surface area contributed by atoms with Crippen LogP contribution in [0, 0.1) is 0 Å². The van der Waals surface area contributed by atoms with Crippen molar-refractivity contribution in [3.63, 3.8) is 0 Å². The Hall–Kier alpha value is -2.52. The maximum Gasteiger partial charge on any atom is 0.255 e. The fourth-order valence-electron chi connectivity index (χ4n) is 2.69. The van der Waals surface area contributed by atoms with E-state index in [1.807, 2.05) is 42.5 Å². The van der Waals surface area contributed by atoms with Gasteiger partial charge in [-0.2, -0.15) is 0 Å². The molecule has 27 heavy (non-hydrogen) atoms. The first kappa shape index (κ1) is 19.2. The lowest BCUT2D eigenvalue weighted by molar-refractivity contribution is 0.102. The molecule has 0 saturated carbocycles. The fourth-order valence-corrected chi connectivity index (χ4v) is 3.57. The molecule has 0 aromatic heterocycles. The fraction of sp³-hybridized carbons (Fsp3) is 0.208. The molecule has 1 N–H and O–H groups in total. The molecule has 0 spiro atoms. The van der Waals surface area contributed by atoms with Crippen molar-refractivity contribution in [2.45, 2.75) is 36.8 Å². The molecule has 138 valence electrons. The van der Waals surface area contributed by atoms with Gasteiger partial charge in [-0.15, -0.1) is 11.8 Å². The maximum atomic E-state index is 12.5. The summed E-state index contributed by atoms with van der Waals surface area (Å²) in [5.74, 6) is 0.828. The smallest absolute Gasteiger partial charge is 0.255 e. The molecule has 0 aliphatic rings. The van der Waals surface area contributed by atoms with Gasteiger partial charge in [0.2, 0.25) is 0 Å². The summed E-state index contributed by atoms with van der Waals surface area (Å²) in [6.45, 7) is 6.50. The highest BCUT2D eigenvalue weighted by Gasteiger charge is 2.14. The second-order valence-electron chi connectivity index (χ2n) is 7.58. The molecular weight excluding hydrogens is 350 g/mol. The summed E-state index contributed by atoms with van der Waals surface area (Å²) >= 11 is 1.81. The SMILES string of the molecule is CC(C)(C)c1ccc(C(=O)Nc2ccc(CSc3ccccc3)cc2)cc1. The van der Waals surface area contributed by atoms with Crippen molar-refractivity contribution in [2.75, 3.05) is 5.32 Å². The van der Waals surface area contributed by atoms with Crippen LogP contribution in [0.15, 0.2) is 83.8 Å². The second-order valence-corrected chi connectivity index (χ2v) is 8.63. The number of thioether (sulfide) groups is 1. The Bertz CT molecular complexity index is 878. The highest BCUT2D eigenvalue weighted by molar-refractivity contribution is 7.98. The van der Waals surface area contributed by atoms with Crippen molar-refractivity contribution in [2.24, 2.45) is 0 Å². The minimum atomic E-state index is -0.0816. The first-order valence-electron chi connectivity index (χ1n) is 9.10. The summed E-state index contributed by atoms with van der Waals surface area (Å²) < 4.78 is 0. The third-order valence-electron chi connectivity index (χ3n) is 4.37. The highest BCUT2D eigenvalue weighted by atomic mass is 32.2. The maximum absolute atomic E-state index is 12.5. The lowest BCUT2D eigenvalue weighted by Gasteiger charge is -2.19. The number of carbonyl (C=O) groups excluding carboxylic acids is 1. The Morgan fingerprint density at radius 3 is 2.07 bits per heavy atom. The minimum Gasteiger partial charge on any atom is -0.322 e. The molecule has 2 nitrogen and oxygen atoms in total. The Morgan fingerprint density at radius 1 is 0.852 bits per heavy atom. The van der Waals surface area contributed by atoms with E-state index in [4.69, 9.17) is 0 Å². The quantitative estimate of drug-likeness (QED) is 0.514. The Labute approximate surface area is 166 Å². The van der Waals surface area contributed by atoms with Gasteiger partial charge in [-0.1, -0.05) is 63.2 Å². The molecule has 3 aromatic rings. The normalized spacial score (nSPS) is 11.2. The largest absolute Gasteiger partial charge is 0.322 e. The van der Waals surface area contributed by atoms with E-state index in [-0.39, 0.29) is 11.3 Å². The number of hydrogen-bond donors (Lipinski definition) is 1. The van der Waals surface area contributed by atoms with E-state index in [1.165, 1.54) is 16.0 Å². The van der Waals surface area contributed by atoms with Crippen molar-refractivity contribution in [1.29, 1.82) is 0 Å². The molecule has 0 fully saturated rings. The lowest BCUT2D eigenvalue weighted by atomic mass is 9.87. The predicted molar refractivity (Wildman–Crippen MR) is 116 cm³/mol. The van der Waals surface area contributed by atoms with Crippen LogP contribution in [0.5, 0.6) is 0 Å². The number of hydrogen-bond acceptors (Lipinski definition) is 2. The van der Waals surface area contributed by atoms with Gasteiger partial charge >= 0.3 is 0 Å². The number of amides is 1. The van der Waals surface area contributed by atoms with Crippen LogP contribution in [0.2, 0.25) is 0 Å². The molecule has 3 heteroatoms. The van der Waals surface area contributed by atoms with Gasteiger partial charge in [0, 0.05) is 21.9 Å². The highest BCUT2D eigenvalue weighted by Crippen LogP contribution is 2.24. The van der Waals surface area contributed by atoms with Crippen LogP contribution in [0.3, 0.4) is 0 Å². The van der Waals surface area contributed by atoms with Crippen molar-refractivity contribution >= 4 is 23.4 Å². The molecule has 3 aromatic carbocycles. The van der Waals surface area contributed by atoms with Crippen LogP contribution in [0.1, 0.15) is 42.3 Å². The summed E-state index contributed by atoms with van der Waals surface area (Å²) in [6.07, 6.45) is 0. The van der Waals surface area contributed by atoms with Crippen LogP contribution < -0.4 is 5.32 Å². The lowest BCUT2D eigenvalue weighted by Crippen LogP contribution is -2.14. The Morgan fingerprint density at radius 2 is 1.48 bits per heavy atom. The van der Waals surface area contributed by atoms with Gasteiger partial charge in [0.1, 0.15) is 0 Å². The molecule has 0 heterocycles. The van der Waals surface area contributed by atoms with E-state index >= 15 is 0 Å². The molecule has 0 unspecified atom stereocenters. The molecule has 0 atom stereocenters. The van der Waals surface area contributed by atoms with Gasteiger partial charge in [-0.25, -0.2) is 0 Å². The average Bonchev–Trinajstić information content (AvgIpc) is 2.68. The number of anilines is 1. The average molecular weight is 376 g/mol. The summed E-state index contributed by atoms with van der Waals surface area (Å²) in [5, 5.41) is 2.97. The van der Waals surface area contributed by atoms with Gasteiger partial charge in [0.15, 0.2) is 0 Å². The number of carbonyl (C=O) groups is 1. The standard InChI is InChI=1S/C24H25NOS/c1-24(2,3)20-13-11-19(12-14-20)23(26)25-21-15-9-18(10-16-21)17-27-22-7-5-4-6-8-22/h4-16H,17H2,1-3H3,(H,25,26). The molecule has 1 amide bonds. The van der Waals surface area contributed by atoms with Crippen LogP contribution in [0.25, 0.3) is 0 Å². The van der Waals surface area contributed by atoms with E-state index in [9.17, 15) is 4.79 Å². The van der Waals surface area contributed by atoms with Crippen LogP contribution in [-0.4, -0.2) is 5.91 Å². The van der Waals surface area contributed by atoms with E-state index in [1.54, 1.807) is 11.8 Å². The van der Waals surface area contributed by atoms with Gasteiger partial charge in [0.25, 0.3) is 5.91 Å². The van der Waals surface area contributed by atoms with Crippen LogP contribution in [0.4, 0.5) is 5.69 Å². The zero-order valence-electron chi connectivity index (χ0n) is 16.0. The zero-order valence-corrected chi connectivity index (χ0v) is 16.8. The number of benzene rings is 3. The number of rotatable bonds is 5. The Kier molecular flexibility index (Phi) is 6.02. The van der Waals surface area contributed by atoms with E-state index in [0.717, 1.165) is 11.4 Å². The van der Waals surface area contributed by atoms with Crippen LogP contribution >= 0.6 is 11.8 Å². The zero-order chi connectivity index (χ0) is 19.3. The molecule has 0 radical (unpaired) electrons.